The first-order chi connectivity index (χ1) is 9.90. The number of nitrogens with two attached hydrogens (primary N) is 1. The average molecular weight is 367 g/mol. The van der Waals surface area contributed by atoms with Crippen LogP contribution in [0, 0.1) is 17.8 Å². The molecule has 6 heteroatoms. The Kier molecular flexibility index (Phi) is 3.61. The molecule has 2 fully saturated rings. The summed E-state index contributed by atoms with van der Waals surface area (Å²) >= 11 is 8.41. The summed E-state index contributed by atoms with van der Waals surface area (Å²) in [4.78, 5) is 26.7. The van der Waals surface area contributed by atoms with Crippen LogP contribution in [0.15, 0.2) is 22.7 Å². The monoisotopic (exact) mass is 366 g/mol. The minimum absolute atomic E-state index is 0.117. The van der Waals surface area contributed by atoms with Crippen molar-refractivity contribution < 1.29 is 9.59 Å². The summed E-state index contributed by atoms with van der Waals surface area (Å²) in [5.41, 5.74) is 6.79. The summed E-state index contributed by atoms with van der Waals surface area (Å²) in [6, 6.07) is 5.25. The lowest BCUT2D eigenvalue weighted by atomic mass is 10.00. The molecule has 1 aromatic carbocycles. The van der Waals surface area contributed by atoms with Gasteiger partial charge >= 0.3 is 0 Å². The fraction of sp³-hybridized carbons (Fsp3) is 0.400. The molecule has 21 heavy (non-hydrogen) atoms. The van der Waals surface area contributed by atoms with E-state index >= 15 is 0 Å². The van der Waals surface area contributed by atoms with Crippen LogP contribution in [-0.2, 0) is 9.59 Å². The molecule has 1 aliphatic heterocycles. The normalized spacial score (nSPS) is 28.1. The van der Waals surface area contributed by atoms with E-state index in [9.17, 15) is 9.59 Å². The van der Waals surface area contributed by atoms with Gasteiger partial charge in [0.1, 0.15) is 4.99 Å². The van der Waals surface area contributed by atoms with Crippen LogP contribution in [0.25, 0.3) is 0 Å². The number of thiocarbonyl (C=S) groups is 1. The zero-order valence-electron chi connectivity index (χ0n) is 11.5. The molecule has 0 radical (unpaired) electrons. The van der Waals surface area contributed by atoms with Gasteiger partial charge in [-0.2, -0.15) is 0 Å². The lowest BCUT2D eigenvalue weighted by Gasteiger charge is -2.20. The maximum absolute atomic E-state index is 12.6. The molecule has 0 spiro atoms. The highest BCUT2D eigenvalue weighted by molar-refractivity contribution is 9.10. The number of imide groups is 1. The van der Waals surface area contributed by atoms with Gasteiger partial charge in [-0.25, -0.2) is 4.90 Å². The van der Waals surface area contributed by atoms with Gasteiger partial charge in [0.15, 0.2) is 0 Å². The Labute approximate surface area is 136 Å². The quantitative estimate of drug-likeness (QED) is 0.645. The highest BCUT2D eigenvalue weighted by Gasteiger charge is 2.52. The molecule has 1 aliphatic carbocycles. The molecular weight excluding hydrogens is 352 g/mol. The van der Waals surface area contributed by atoms with Crippen LogP contribution in [0.3, 0.4) is 0 Å². The van der Waals surface area contributed by atoms with Crippen LogP contribution in [-0.4, -0.2) is 16.8 Å². The molecular formula is C15H15BrN2O2S. The maximum atomic E-state index is 12.6. The van der Waals surface area contributed by atoms with Crippen molar-refractivity contribution in [1.82, 2.24) is 0 Å². The third kappa shape index (κ3) is 2.30. The SMILES string of the molecule is CC1CC2C(=O)N(c3ccc(Br)cc3C(N)=S)C(=O)C2C1. The molecule has 1 saturated carbocycles. The number of halogens is 1. The predicted molar refractivity (Wildman–Crippen MR) is 87.9 cm³/mol. The molecule has 1 heterocycles. The number of fused-ring (bicyclic) bond motifs is 1. The Morgan fingerprint density at radius 1 is 1.29 bits per heavy atom. The molecule has 1 aromatic rings. The summed E-state index contributed by atoms with van der Waals surface area (Å²) in [7, 11) is 0. The van der Waals surface area contributed by atoms with Crippen molar-refractivity contribution in [2.24, 2.45) is 23.5 Å². The second-order valence-electron chi connectivity index (χ2n) is 5.83. The van der Waals surface area contributed by atoms with E-state index in [0.717, 1.165) is 17.3 Å². The lowest BCUT2D eigenvalue weighted by Crippen LogP contribution is -2.34. The molecule has 110 valence electrons. The highest BCUT2D eigenvalue weighted by atomic mass is 79.9. The first-order valence-corrected chi connectivity index (χ1v) is 8.07. The average Bonchev–Trinajstić information content (AvgIpc) is 2.90. The zero-order valence-corrected chi connectivity index (χ0v) is 13.9. The van der Waals surface area contributed by atoms with Crippen molar-refractivity contribution >= 4 is 50.6 Å². The van der Waals surface area contributed by atoms with Gasteiger partial charge in [-0.05, 0) is 37.0 Å². The summed E-state index contributed by atoms with van der Waals surface area (Å²) in [5.74, 6) is -0.177. The van der Waals surface area contributed by atoms with E-state index in [1.165, 1.54) is 4.90 Å². The number of anilines is 1. The molecule has 2 amide bonds. The summed E-state index contributed by atoms with van der Waals surface area (Å²) < 4.78 is 0.807. The third-order valence-electron chi connectivity index (χ3n) is 4.34. The van der Waals surface area contributed by atoms with Gasteiger partial charge in [-0.15, -0.1) is 0 Å². The number of hydrogen-bond donors (Lipinski definition) is 1. The van der Waals surface area contributed by atoms with E-state index in [4.69, 9.17) is 18.0 Å². The second kappa shape index (κ2) is 5.18. The Bertz CT molecular complexity index is 637. The molecule has 4 nitrogen and oxygen atoms in total. The number of carbonyl (C=O) groups excluding carboxylic acids is 2. The van der Waals surface area contributed by atoms with Crippen molar-refractivity contribution in [3.8, 4) is 0 Å². The van der Waals surface area contributed by atoms with Crippen molar-refractivity contribution in [3.05, 3.63) is 28.2 Å². The fourth-order valence-corrected chi connectivity index (χ4v) is 3.94. The van der Waals surface area contributed by atoms with Crippen molar-refractivity contribution in [3.63, 3.8) is 0 Å². The van der Waals surface area contributed by atoms with E-state index in [0.29, 0.717) is 17.2 Å². The van der Waals surface area contributed by atoms with Crippen LogP contribution < -0.4 is 10.6 Å². The van der Waals surface area contributed by atoms with Crippen LogP contribution in [0.4, 0.5) is 5.69 Å². The second-order valence-corrected chi connectivity index (χ2v) is 7.18. The van der Waals surface area contributed by atoms with E-state index in [1.54, 1.807) is 18.2 Å². The first kappa shape index (κ1) is 14.7. The van der Waals surface area contributed by atoms with Gasteiger partial charge in [0.05, 0.1) is 17.5 Å². The Balaban J connectivity index is 2.04. The Hall–Kier alpha value is -1.27. The standard InChI is InChI=1S/C15H15BrN2O2S/c1-7-4-9-10(5-7)15(20)18(14(9)19)12-3-2-8(16)6-11(12)13(17)21/h2-3,6-7,9-10H,4-5H2,1H3,(H2,17,21). The first-order valence-electron chi connectivity index (χ1n) is 6.87. The smallest absolute Gasteiger partial charge is 0.237 e. The molecule has 1 saturated heterocycles. The van der Waals surface area contributed by atoms with Gasteiger partial charge in [0.25, 0.3) is 0 Å². The Morgan fingerprint density at radius 3 is 2.38 bits per heavy atom. The minimum Gasteiger partial charge on any atom is -0.389 e. The number of benzene rings is 1. The van der Waals surface area contributed by atoms with Gasteiger partial charge in [-0.1, -0.05) is 35.1 Å². The summed E-state index contributed by atoms with van der Waals surface area (Å²) in [6.07, 6.45) is 1.56. The van der Waals surface area contributed by atoms with Gasteiger partial charge in [-0.3, -0.25) is 9.59 Å². The molecule has 3 rings (SSSR count). The van der Waals surface area contributed by atoms with Crippen molar-refractivity contribution in [2.75, 3.05) is 4.90 Å². The lowest BCUT2D eigenvalue weighted by molar-refractivity contribution is -0.123. The fourth-order valence-electron chi connectivity index (χ4n) is 3.42. The summed E-state index contributed by atoms with van der Waals surface area (Å²) in [5, 5.41) is 0. The van der Waals surface area contributed by atoms with E-state index in [1.807, 2.05) is 0 Å². The Morgan fingerprint density at radius 2 is 1.86 bits per heavy atom. The number of rotatable bonds is 2. The van der Waals surface area contributed by atoms with E-state index < -0.39 is 0 Å². The predicted octanol–water partition coefficient (Wildman–Crippen LogP) is 2.62. The van der Waals surface area contributed by atoms with Crippen LogP contribution in [0.5, 0.6) is 0 Å². The molecule has 0 bridgehead atoms. The molecule has 0 aromatic heterocycles. The maximum Gasteiger partial charge on any atom is 0.237 e. The van der Waals surface area contributed by atoms with Gasteiger partial charge < -0.3 is 5.73 Å². The molecule has 2 N–H and O–H groups in total. The van der Waals surface area contributed by atoms with Crippen LogP contribution >= 0.6 is 28.1 Å². The molecule has 2 atom stereocenters. The van der Waals surface area contributed by atoms with Crippen molar-refractivity contribution in [1.29, 1.82) is 0 Å². The third-order valence-corrected chi connectivity index (χ3v) is 5.05. The molecule has 2 aliphatic rings. The minimum atomic E-state index is -0.185. The topological polar surface area (TPSA) is 63.4 Å². The van der Waals surface area contributed by atoms with E-state index in [2.05, 4.69) is 22.9 Å². The van der Waals surface area contributed by atoms with Crippen molar-refractivity contribution in [2.45, 2.75) is 19.8 Å². The zero-order chi connectivity index (χ0) is 15.3. The highest BCUT2D eigenvalue weighted by Crippen LogP contribution is 2.45. The van der Waals surface area contributed by atoms with Crippen LogP contribution in [0.2, 0.25) is 0 Å². The number of hydrogen-bond acceptors (Lipinski definition) is 3. The van der Waals surface area contributed by atoms with Gasteiger partial charge in [0.2, 0.25) is 11.8 Å². The largest absolute Gasteiger partial charge is 0.389 e. The number of carbonyl (C=O) groups is 2. The summed E-state index contributed by atoms with van der Waals surface area (Å²) in [6.45, 7) is 2.09. The number of amides is 2. The van der Waals surface area contributed by atoms with E-state index in [-0.39, 0.29) is 28.6 Å². The molecule has 2 unspecified atom stereocenters. The van der Waals surface area contributed by atoms with Gasteiger partial charge in [0, 0.05) is 10.0 Å². The number of nitrogens with zero attached hydrogens (tertiary/aromatic N) is 1. The van der Waals surface area contributed by atoms with Crippen LogP contribution in [0.1, 0.15) is 25.3 Å².